The van der Waals surface area contributed by atoms with Crippen LogP contribution in [0, 0.1) is 11.8 Å². The summed E-state index contributed by atoms with van der Waals surface area (Å²) in [5.74, 6) is 1.25. The highest BCUT2D eigenvalue weighted by atomic mass is 16.4. The van der Waals surface area contributed by atoms with Gasteiger partial charge in [-0.25, -0.2) is 0 Å². The summed E-state index contributed by atoms with van der Waals surface area (Å²) in [7, 11) is 0. The second-order valence-corrected chi connectivity index (χ2v) is 5.14. The van der Waals surface area contributed by atoms with Gasteiger partial charge in [0.05, 0.1) is 0 Å². The van der Waals surface area contributed by atoms with Crippen molar-refractivity contribution in [2.24, 2.45) is 5.41 Å². The predicted octanol–water partition coefficient (Wildman–Crippen LogP) is 3.53. The maximum Gasteiger partial charge on any atom is 0.247 e. The quantitative estimate of drug-likeness (QED) is 0.808. The maximum atomic E-state index is 5.61. The van der Waals surface area contributed by atoms with Crippen molar-refractivity contribution in [3.63, 3.8) is 0 Å². The van der Waals surface area contributed by atoms with Crippen LogP contribution in [0.3, 0.4) is 0 Å². The van der Waals surface area contributed by atoms with Gasteiger partial charge in [-0.05, 0) is 24.0 Å². The molecule has 0 fully saturated rings. The van der Waals surface area contributed by atoms with E-state index in [1.807, 2.05) is 30.3 Å². The Morgan fingerprint density at radius 1 is 1.12 bits per heavy atom. The predicted molar refractivity (Wildman–Crippen MR) is 67.2 cm³/mol. The lowest BCUT2D eigenvalue weighted by atomic mass is 9.91. The van der Waals surface area contributed by atoms with Crippen LogP contribution in [0.5, 0.6) is 0 Å². The summed E-state index contributed by atoms with van der Waals surface area (Å²) < 4.78 is 5.61. The number of hydrogen-bond donors (Lipinski definition) is 0. The van der Waals surface area contributed by atoms with E-state index in [2.05, 4.69) is 37.4 Å². The zero-order valence-corrected chi connectivity index (χ0v) is 10.5. The Kier molecular flexibility index (Phi) is 3.27. The average molecular weight is 229 g/mol. The molecular formula is C14H17N2O. The third-order valence-electron chi connectivity index (χ3n) is 2.38. The molecule has 2 rings (SSSR count). The first-order valence-corrected chi connectivity index (χ1v) is 5.77. The van der Waals surface area contributed by atoms with E-state index in [1.165, 1.54) is 0 Å². The normalized spacial score (nSPS) is 11.7. The largest absolute Gasteiger partial charge is 0.421 e. The molecule has 17 heavy (non-hydrogen) atoms. The van der Waals surface area contributed by atoms with Gasteiger partial charge in [-0.15, -0.1) is 10.2 Å². The van der Waals surface area contributed by atoms with Gasteiger partial charge in [-0.2, -0.15) is 0 Å². The Hall–Kier alpha value is -1.64. The van der Waals surface area contributed by atoms with Crippen molar-refractivity contribution < 1.29 is 4.42 Å². The minimum atomic E-state index is 0.168. The molecule has 1 aromatic heterocycles. The molecular weight excluding hydrogens is 212 g/mol. The summed E-state index contributed by atoms with van der Waals surface area (Å²) in [4.78, 5) is 0. The average Bonchev–Trinajstić information content (AvgIpc) is 2.75. The fourth-order valence-electron chi connectivity index (χ4n) is 1.43. The third kappa shape index (κ3) is 3.41. The minimum Gasteiger partial charge on any atom is -0.421 e. The van der Waals surface area contributed by atoms with E-state index in [0.717, 1.165) is 5.56 Å². The summed E-state index contributed by atoms with van der Waals surface area (Å²) >= 11 is 0. The molecule has 0 saturated heterocycles. The molecule has 0 bridgehead atoms. The van der Waals surface area contributed by atoms with Crippen molar-refractivity contribution in [3.05, 3.63) is 42.6 Å². The fourth-order valence-corrected chi connectivity index (χ4v) is 1.43. The maximum absolute atomic E-state index is 5.61. The molecule has 0 amide bonds. The molecule has 1 aromatic carbocycles. The topological polar surface area (TPSA) is 38.9 Å². The molecule has 3 nitrogen and oxygen atoms in total. The van der Waals surface area contributed by atoms with Crippen LogP contribution in [0.4, 0.5) is 0 Å². The van der Waals surface area contributed by atoms with Crippen LogP contribution in [0.1, 0.15) is 26.7 Å². The molecule has 89 valence electrons. The lowest BCUT2D eigenvalue weighted by molar-refractivity contribution is 0.449. The van der Waals surface area contributed by atoms with Crippen molar-refractivity contribution in [1.29, 1.82) is 0 Å². The molecule has 0 atom stereocenters. The van der Waals surface area contributed by atoms with E-state index >= 15 is 0 Å². The zero-order chi connectivity index (χ0) is 12.3. The van der Waals surface area contributed by atoms with Gasteiger partial charge in [0.15, 0.2) is 0 Å². The summed E-state index contributed by atoms with van der Waals surface area (Å²) in [6.07, 6.45) is 2.89. The standard InChI is InChI=1S/C14H17N2O/c1-14(2,3)10-9-12-15-16-13(17-12)11-7-5-4-6-8-11/h4-8,10H,9H2,1-3H3. The van der Waals surface area contributed by atoms with Crippen molar-refractivity contribution >= 4 is 0 Å². The molecule has 3 heteroatoms. The second kappa shape index (κ2) is 4.70. The van der Waals surface area contributed by atoms with Gasteiger partial charge in [-0.3, -0.25) is 0 Å². The Morgan fingerprint density at radius 2 is 1.82 bits per heavy atom. The van der Waals surface area contributed by atoms with E-state index in [1.54, 1.807) is 0 Å². The molecule has 1 heterocycles. The Bertz CT molecular complexity index is 468. The van der Waals surface area contributed by atoms with Gasteiger partial charge in [0.25, 0.3) is 0 Å². The summed E-state index contributed by atoms with van der Waals surface area (Å²) in [6, 6.07) is 9.81. The third-order valence-corrected chi connectivity index (χ3v) is 2.38. The smallest absolute Gasteiger partial charge is 0.247 e. The molecule has 0 unspecified atom stereocenters. The van der Waals surface area contributed by atoms with E-state index in [-0.39, 0.29) is 5.41 Å². The number of hydrogen-bond acceptors (Lipinski definition) is 3. The van der Waals surface area contributed by atoms with Crippen molar-refractivity contribution in [3.8, 4) is 11.5 Å². The van der Waals surface area contributed by atoms with Crippen molar-refractivity contribution in [2.75, 3.05) is 0 Å². The fraction of sp³-hybridized carbons (Fsp3) is 0.357. The van der Waals surface area contributed by atoms with E-state index in [9.17, 15) is 0 Å². The molecule has 0 aliphatic rings. The molecule has 0 spiro atoms. The van der Waals surface area contributed by atoms with Gasteiger partial charge < -0.3 is 4.42 Å². The monoisotopic (exact) mass is 229 g/mol. The van der Waals surface area contributed by atoms with E-state index in [0.29, 0.717) is 18.2 Å². The number of benzene rings is 1. The van der Waals surface area contributed by atoms with Crippen LogP contribution in [0.2, 0.25) is 0 Å². The van der Waals surface area contributed by atoms with Crippen LogP contribution in [-0.4, -0.2) is 10.2 Å². The van der Waals surface area contributed by atoms with Gasteiger partial charge in [0.1, 0.15) is 0 Å². The first-order valence-electron chi connectivity index (χ1n) is 5.77. The minimum absolute atomic E-state index is 0.168. The summed E-state index contributed by atoms with van der Waals surface area (Å²) in [5.41, 5.74) is 1.13. The van der Waals surface area contributed by atoms with Crippen molar-refractivity contribution in [2.45, 2.75) is 27.2 Å². The van der Waals surface area contributed by atoms with Crippen LogP contribution in [-0.2, 0) is 6.42 Å². The first-order chi connectivity index (χ1) is 8.04. The summed E-state index contributed by atoms with van der Waals surface area (Å²) in [6.45, 7) is 6.46. The Balaban J connectivity index is 2.07. The van der Waals surface area contributed by atoms with Crippen LogP contribution in [0.25, 0.3) is 11.5 Å². The first kappa shape index (κ1) is 11.8. The molecule has 0 N–H and O–H groups in total. The van der Waals surface area contributed by atoms with E-state index < -0.39 is 0 Å². The summed E-state index contributed by atoms with van der Waals surface area (Å²) in [5, 5.41) is 8.10. The molecule has 0 aliphatic carbocycles. The van der Waals surface area contributed by atoms with Crippen LogP contribution >= 0.6 is 0 Å². The molecule has 0 aliphatic heterocycles. The second-order valence-electron chi connectivity index (χ2n) is 5.14. The molecule has 2 aromatic rings. The highest BCUT2D eigenvalue weighted by Gasteiger charge is 2.14. The Morgan fingerprint density at radius 3 is 2.47 bits per heavy atom. The highest BCUT2D eigenvalue weighted by Crippen LogP contribution is 2.22. The SMILES string of the molecule is CC(C)(C)[CH]Cc1nnc(-c2ccccc2)o1. The van der Waals surface area contributed by atoms with Gasteiger partial charge >= 0.3 is 0 Å². The Labute approximate surface area is 102 Å². The van der Waals surface area contributed by atoms with Crippen LogP contribution < -0.4 is 0 Å². The number of rotatable bonds is 3. The lowest BCUT2D eigenvalue weighted by Gasteiger charge is -2.15. The molecule has 0 saturated carbocycles. The van der Waals surface area contributed by atoms with E-state index in [4.69, 9.17) is 4.42 Å². The van der Waals surface area contributed by atoms with Gasteiger partial charge in [0.2, 0.25) is 11.8 Å². The van der Waals surface area contributed by atoms with Crippen LogP contribution in [0.15, 0.2) is 34.7 Å². The van der Waals surface area contributed by atoms with Gasteiger partial charge in [0, 0.05) is 12.0 Å². The highest BCUT2D eigenvalue weighted by molar-refractivity contribution is 5.51. The van der Waals surface area contributed by atoms with Gasteiger partial charge in [-0.1, -0.05) is 39.0 Å². The number of aromatic nitrogens is 2. The lowest BCUT2D eigenvalue weighted by Crippen LogP contribution is -2.07. The molecule has 1 radical (unpaired) electrons. The number of nitrogens with zero attached hydrogens (tertiary/aromatic N) is 2. The zero-order valence-electron chi connectivity index (χ0n) is 10.5. The van der Waals surface area contributed by atoms with Crippen molar-refractivity contribution in [1.82, 2.24) is 10.2 Å².